The van der Waals surface area contributed by atoms with Gasteiger partial charge in [-0.3, -0.25) is 4.79 Å². The molecule has 0 saturated heterocycles. The third-order valence-electron chi connectivity index (χ3n) is 2.83. The van der Waals surface area contributed by atoms with Gasteiger partial charge < -0.3 is 4.98 Å². The standard InChI is InChI=1S/C12H18N2O/c1-12(2,3)11-13-8-6-4-5-7-9(15)10(8)14-11/h4-7H2,1-3H3,(H,13,14). The zero-order chi connectivity index (χ0) is 11.1. The van der Waals surface area contributed by atoms with Crippen molar-refractivity contribution in [2.24, 2.45) is 0 Å². The Labute approximate surface area is 90.3 Å². The number of carbonyl (C=O) groups excluding carboxylic acids is 1. The van der Waals surface area contributed by atoms with Gasteiger partial charge in [0.2, 0.25) is 0 Å². The van der Waals surface area contributed by atoms with E-state index in [9.17, 15) is 4.79 Å². The number of hydrogen-bond acceptors (Lipinski definition) is 2. The average molecular weight is 206 g/mol. The zero-order valence-electron chi connectivity index (χ0n) is 9.68. The number of aromatic nitrogens is 2. The van der Waals surface area contributed by atoms with Crippen molar-refractivity contribution in [3.63, 3.8) is 0 Å². The van der Waals surface area contributed by atoms with Crippen LogP contribution in [0.5, 0.6) is 0 Å². The Morgan fingerprint density at radius 3 is 2.53 bits per heavy atom. The van der Waals surface area contributed by atoms with Gasteiger partial charge in [0.1, 0.15) is 11.5 Å². The van der Waals surface area contributed by atoms with Crippen LogP contribution in [0.3, 0.4) is 0 Å². The maximum absolute atomic E-state index is 11.8. The van der Waals surface area contributed by atoms with E-state index < -0.39 is 0 Å². The second-order valence-corrected chi connectivity index (χ2v) is 5.29. The fraction of sp³-hybridized carbons (Fsp3) is 0.667. The zero-order valence-corrected chi connectivity index (χ0v) is 9.68. The molecule has 1 aromatic rings. The van der Waals surface area contributed by atoms with E-state index in [1.54, 1.807) is 0 Å². The van der Waals surface area contributed by atoms with Crippen molar-refractivity contribution in [3.8, 4) is 0 Å². The number of H-pyrrole nitrogens is 1. The van der Waals surface area contributed by atoms with E-state index in [2.05, 4.69) is 30.7 Å². The van der Waals surface area contributed by atoms with Crippen LogP contribution in [0, 0.1) is 0 Å². The van der Waals surface area contributed by atoms with E-state index in [0.29, 0.717) is 12.1 Å². The van der Waals surface area contributed by atoms with Crippen molar-refractivity contribution < 1.29 is 4.79 Å². The topological polar surface area (TPSA) is 45.8 Å². The summed E-state index contributed by atoms with van der Waals surface area (Å²) < 4.78 is 0. The molecule has 1 aliphatic rings. The van der Waals surface area contributed by atoms with Crippen molar-refractivity contribution in [2.75, 3.05) is 0 Å². The fourth-order valence-corrected chi connectivity index (χ4v) is 1.88. The monoisotopic (exact) mass is 206 g/mol. The van der Waals surface area contributed by atoms with E-state index in [1.165, 1.54) is 0 Å². The first kappa shape index (κ1) is 10.4. The van der Waals surface area contributed by atoms with Gasteiger partial charge in [0.05, 0.1) is 0 Å². The van der Waals surface area contributed by atoms with E-state index in [-0.39, 0.29) is 11.2 Å². The molecule has 0 unspecified atom stereocenters. The highest BCUT2D eigenvalue weighted by Crippen LogP contribution is 2.24. The SMILES string of the molecule is CC(C)(C)c1nc2c([nH]1)CCCCC2=O. The van der Waals surface area contributed by atoms with Crippen molar-refractivity contribution in [1.82, 2.24) is 9.97 Å². The lowest BCUT2D eigenvalue weighted by Crippen LogP contribution is -2.13. The predicted molar refractivity (Wildman–Crippen MR) is 59.2 cm³/mol. The average Bonchev–Trinajstić information content (AvgIpc) is 2.49. The number of nitrogens with zero attached hydrogens (tertiary/aromatic N) is 1. The largest absolute Gasteiger partial charge is 0.345 e. The molecule has 0 aromatic carbocycles. The summed E-state index contributed by atoms with van der Waals surface area (Å²) in [5.41, 5.74) is 1.73. The number of carbonyl (C=O) groups is 1. The van der Waals surface area contributed by atoms with E-state index in [1.807, 2.05) is 0 Å². The van der Waals surface area contributed by atoms with Gasteiger partial charge in [-0.25, -0.2) is 4.98 Å². The summed E-state index contributed by atoms with van der Waals surface area (Å²) in [6.45, 7) is 6.32. The van der Waals surface area contributed by atoms with Crippen molar-refractivity contribution in [2.45, 2.75) is 51.9 Å². The highest BCUT2D eigenvalue weighted by Gasteiger charge is 2.25. The Bertz CT molecular complexity index is 385. The maximum Gasteiger partial charge on any atom is 0.183 e. The Kier molecular flexibility index (Phi) is 2.41. The fourth-order valence-electron chi connectivity index (χ4n) is 1.88. The van der Waals surface area contributed by atoms with E-state index in [0.717, 1.165) is 30.8 Å². The number of nitrogens with one attached hydrogen (secondary N) is 1. The van der Waals surface area contributed by atoms with E-state index >= 15 is 0 Å². The number of Topliss-reactive ketones (excluding diaryl/α,β-unsaturated/α-hetero) is 1. The minimum Gasteiger partial charge on any atom is -0.345 e. The summed E-state index contributed by atoms with van der Waals surface area (Å²) in [6.07, 6.45) is 3.70. The van der Waals surface area contributed by atoms with Gasteiger partial charge in [0.15, 0.2) is 5.78 Å². The van der Waals surface area contributed by atoms with Crippen LogP contribution in [0.25, 0.3) is 0 Å². The molecule has 3 heteroatoms. The lowest BCUT2D eigenvalue weighted by Gasteiger charge is -2.14. The molecule has 15 heavy (non-hydrogen) atoms. The molecule has 82 valence electrons. The number of ketones is 1. The van der Waals surface area contributed by atoms with Gasteiger partial charge >= 0.3 is 0 Å². The molecule has 0 spiro atoms. The summed E-state index contributed by atoms with van der Waals surface area (Å²) in [7, 11) is 0. The molecule has 0 saturated carbocycles. The summed E-state index contributed by atoms with van der Waals surface area (Å²) in [5.74, 6) is 1.14. The van der Waals surface area contributed by atoms with Crippen LogP contribution in [0.1, 0.15) is 62.0 Å². The number of rotatable bonds is 0. The smallest absolute Gasteiger partial charge is 0.183 e. The number of aromatic amines is 1. The van der Waals surface area contributed by atoms with Gasteiger partial charge in [-0.05, 0) is 19.3 Å². The third-order valence-corrected chi connectivity index (χ3v) is 2.83. The summed E-state index contributed by atoms with van der Waals surface area (Å²) in [6, 6.07) is 0. The van der Waals surface area contributed by atoms with Crippen molar-refractivity contribution >= 4 is 5.78 Å². The van der Waals surface area contributed by atoms with Crippen LogP contribution < -0.4 is 0 Å². The van der Waals surface area contributed by atoms with Crippen LogP contribution in [-0.4, -0.2) is 15.8 Å². The molecule has 0 bridgehead atoms. The van der Waals surface area contributed by atoms with E-state index in [4.69, 9.17) is 0 Å². The number of fused-ring (bicyclic) bond motifs is 1. The Hall–Kier alpha value is -1.12. The molecule has 2 rings (SSSR count). The predicted octanol–water partition coefficient (Wildman–Crippen LogP) is 2.62. The second-order valence-electron chi connectivity index (χ2n) is 5.29. The van der Waals surface area contributed by atoms with Crippen LogP contribution in [0.2, 0.25) is 0 Å². The molecule has 3 nitrogen and oxygen atoms in total. The molecule has 0 atom stereocenters. The quantitative estimate of drug-likeness (QED) is 0.663. The number of hydrogen-bond donors (Lipinski definition) is 1. The Morgan fingerprint density at radius 1 is 1.20 bits per heavy atom. The van der Waals surface area contributed by atoms with Gasteiger partial charge in [0.25, 0.3) is 0 Å². The molecular weight excluding hydrogens is 188 g/mol. The molecule has 0 fully saturated rings. The number of imidazole rings is 1. The lowest BCUT2D eigenvalue weighted by molar-refractivity contribution is 0.0977. The molecule has 1 heterocycles. The molecule has 1 aliphatic carbocycles. The van der Waals surface area contributed by atoms with Gasteiger partial charge in [-0.2, -0.15) is 0 Å². The highest BCUT2D eigenvalue weighted by atomic mass is 16.1. The Morgan fingerprint density at radius 2 is 1.87 bits per heavy atom. The number of aryl methyl sites for hydroxylation is 1. The van der Waals surface area contributed by atoms with Crippen LogP contribution >= 0.6 is 0 Å². The van der Waals surface area contributed by atoms with Crippen LogP contribution in [0.4, 0.5) is 0 Å². The normalized spacial score (nSPS) is 17.4. The summed E-state index contributed by atoms with van der Waals surface area (Å²) in [5, 5.41) is 0. The van der Waals surface area contributed by atoms with Crippen LogP contribution in [-0.2, 0) is 11.8 Å². The first-order chi connectivity index (χ1) is 6.98. The maximum atomic E-state index is 11.8. The first-order valence-corrected chi connectivity index (χ1v) is 5.61. The summed E-state index contributed by atoms with van der Waals surface area (Å²) in [4.78, 5) is 19.5. The molecule has 1 aromatic heterocycles. The lowest BCUT2D eigenvalue weighted by atomic mass is 9.96. The van der Waals surface area contributed by atoms with Gasteiger partial charge in [-0.1, -0.05) is 20.8 Å². The molecule has 0 amide bonds. The summed E-state index contributed by atoms with van der Waals surface area (Å²) >= 11 is 0. The first-order valence-electron chi connectivity index (χ1n) is 5.61. The van der Waals surface area contributed by atoms with Crippen molar-refractivity contribution in [1.29, 1.82) is 0 Å². The second kappa shape index (κ2) is 3.47. The molecule has 1 N–H and O–H groups in total. The minimum atomic E-state index is -0.00746. The minimum absolute atomic E-state index is 0.00746. The highest BCUT2D eigenvalue weighted by molar-refractivity contribution is 5.95. The Balaban J connectivity index is 2.42. The molecular formula is C12H18N2O. The molecule has 0 aliphatic heterocycles. The van der Waals surface area contributed by atoms with Crippen LogP contribution in [0.15, 0.2) is 0 Å². The van der Waals surface area contributed by atoms with Crippen molar-refractivity contribution in [3.05, 3.63) is 17.2 Å². The van der Waals surface area contributed by atoms with Gasteiger partial charge in [0, 0.05) is 17.5 Å². The molecule has 0 radical (unpaired) electrons. The van der Waals surface area contributed by atoms with Gasteiger partial charge in [-0.15, -0.1) is 0 Å². The third kappa shape index (κ3) is 1.96.